The third kappa shape index (κ3) is 3.57. The zero-order valence-corrected chi connectivity index (χ0v) is 13.8. The van der Waals surface area contributed by atoms with Gasteiger partial charge in [0, 0.05) is 19.6 Å². The fraction of sp³-hybridized carbons (Fsp3) is 0.929. The van der Waals surface area contributed by atoms with Crippen LogP contribution >= 0.6 is 0 Å². The molecule has 2 fully saturated rings. The number of nitrogens with zero attached hydrogens (tertiary/aromatic N) is 2. The first-order valence-corrected chi connectivity index (χ1v) is 9.29. The number of carbonyl (C=O) groups is 1. The van der Waals surface area contributed by atoms with Gasteiger partial charge in [0.1, 0.15) is 6.04 Å². The highest BCUT2D eigenvalue weighted by Crippen LogP contribution is 2.29. The van der Waals surface area contributed by atoms with Crippen LogP contribution in [0.5, 0.6) is 0 Å². The fourth-order valence-electron chi connectivity index (χ4n) is 3.29. The summed E-state index contributed by atoms with van der Waals surface area (Å²) in [6, 6.07) is -0.590. The number of hydrogen-bond acceptors (Lipinski definition) is 4. The molecule has 122 valence electrons. The Bertz CT molecular complexity index is 460. The molecule has 1 heterocycles. The minimum atomic E-state index is -3.59. The van der Waals surface area contributed by atoms with Gasteiger partial charge in [-0.05, 0) is 32.6 Å². The summed E-state index contributed by atoms with van der Waals surface area (Å²) in [6.07, 6.45) is 6.41. The molecule has 0 bridgehead atoms. The monoisotopic (exact) mass is 318 g/mol. The van der Waals surface area contributed by atoms with Crippen LogP contribution in [-0.2, 0) is 19.7 Å². The molecule has 2 rings (SSSR count). The van der Waals surface area contributed by atoms with Gasteiger partial charge in [0.15, 0.2) is 0 Å². The molecule has 0 N–H and O–H groups in total. The summed E-state index contributed by atoms with van der Waals surface area (Å²) in [5.74, 6) is -0.421. The average molecular weight is 318 g/mol. The summed E-state index contributed by atoms with van der Waals surface area (Å²) < 4.78 is 33.4. The predicted octanol–water partition coefficient (Wildman–Crippen LogP) is 1.52. The minimum absolute atomic E-state index is 0.0622. The zero-order chi connectivity index (χ0) is 15.5. The second-order valence-corrected chi connectivity index (χ2v) is 7.78. The standard InChI is InChI=1S/C14H26N2O4S/c1-3-20-14(17)13-10-7-11-16(13)21(18,19)15(2)12-8-5-4-6-9-12/h12-13H,3-11H2,1-2H3. The van der Waals surface area contributed by atoms with E-state index in [0.717, 1.165) is 25.7 Å². The minimum Gasteiger partial charge on any atom is -0.465 e. The Hall–Kier alpha value is -0.660. The number of carbonyl (C=O) groups excluding carboxylic acids is 1. The maximum Gasteiger partial charge on any atom is 0.324 e. The van der Waals surface area contributed by atoms with Gasteiger partial charge < -0.3 is 4.74 Å². The van der Waals surface area contributed by atoms with Crippen LogP contribution in [0.25, 0.3) is 0 Å². The summed E-state index contributed by atoms with van der Waals surface area (Å²) >= 11 is 0. The number of esters is 1. The maximum atomic E-state index is 12.8. The van der Waals surface area contributed by atoms with Gasteiger partial charge in [0.2, 0.25) is 0 Å². The van der Waals surface area contributed by atoms with Gasteiger partial charge in [-0.25, -0.2) is 0 Å². The van der Waals surface area contributed by atoms with Crippen LogP contribution in [0.3, 0.4) is 0 Å². The van der Waals surface area contributed by atoms with Gasteiger partial charge in [-0.3, -0.25) is 4.79 Å². The van der Waals surface area contributed by atoms with Crippen molar-refractivity contribution in [2.75, 3.05) is 20.2 Å². The fourth-order valence-corrected chi connectivity index (χ4v) is 5.08. The Labute approximate surface area is 127 Å². The molecule has 0 aromatic heterocycles. The quantitative estimate of drug-likeness (QED) is 0.721. The van der Waals surface area contributed by atoms with Crippen molar-refractivity contribution in [3.8, 4) is 0 Å². The first-order chi connectivity index (χ1) is 9.98. The highest BCUT2D eigenvalue weighted by atomic mass is 32.2. The molecule has 0 radical (unpaired) electrons. The molecule has 21 heavy (non-hydrogen) atoms. The molecule has 0 spiro atoms. The van der Waals surface area contributed by atoms with E-state index in [1.165, 1.54) is 15.0 Å². The lowest BCUT2D eigenvalue weighted by atomic mass is 9.96. The van der Waals surface area contributed by atoms with Crippen LogP contribution in [0.4, 0.5) is 0 Å². The van der Waals surface area contributed by atoms with Crippen LogP contribution < -0.4 is 0 Å². The number of hydrogen-bond donors (Lipinski definition) is 0. The van der Waals surface area contributed by atoms with Crippen molar-refractivity contribution in [1.82, 2.24) is 8.61 Å². The van der Waals surface area contributed by atoms with Gasteiger partial charge >= 0.3 is 5.97 Å². The topological polar surface area (TPSA) is 66.9 Å². The molecule has 1 saturated heterocycles. The van der Waals surface area contributed by atoms with E-state index in [-0.39, 0.29) is 12.6 Å². The van der Waals surface area contributed by atoms with Gasteiger partial charge in [0.25, 0.3) is 10.2 Å². The predicted molar refractivity (Wildman–Crippen MR) is 79.9 cm³/mol. The smallest absolute Gasteiger partial charge is 0.324 e. The second kappa shape index (κ2) is 7.07. The van der Waals surface area contributed by atoms with Crippen LogP contribution in [0.2, 0.25) is 0 Å². The van der Waals surface area contributed by atoms with Gasteiger partial charge in [0.05, 0.1) is 6.61 Å². The molecule has 6 nitrogen and oxygen atoms in total. The van der Waals surface area contributed by atoms with Crippen molar-refractivity contribution in [2.45, 2.75) is 64.0 Å². The highest BCUT2D eigenvalue weighted by molar-refractivity contribution is 7.86. The molecule has 1 saturated carbocycles. The third-order valence-corrected chi connectivity index (χ3v) is 6.57. The lowest BCUT2D eigenvalue weighted by molar-refractivity contribution is -0.146. The average Bonchev–Trinajstić information content (AvgIpc) is 2.98. The van der Waals surface area contributed by atoms with Crippen molar-refractivity contribution in [1.29, 1.82) is 0 Å². The van der Waals surface area contributed by atoms with Gasteiger partial charge in [-0.1, -0.05) is 19.3 Å². The van der Waals surface area contributed by atoms with E-state index < -0.39 is 22.2 Å². The summed E-state index contributed by atoms with van der Waals surface area (Å²) in [4.78, 5) is 12.0. The summed E-state index contributed by atoms with van der Waals surface area (Å²) in [5.41, 5.74) is 0. The molecule has 1 atom stereocenters. The second-order valence-electron chi connectivity index (χ2n) is 5.84. The number of ether oxygens (including phenoxy) is 1. The first kappa shape index (κ1) is 16.7. The molecule has 0 amide bonds. The van der Waals surface area contributed by atoms with E-state index in [2.05, 4.69) is 0 Å². The van der Waals surface area contributed by atoms with Crippen molar-refractivity contribution in [3.05, 3.63) is 0 Å². The molecular weight excluding hydrogens is 292 g/mol. The molecule has 7 heteroatoms. The molecule has 2 aliphatic rings. The molecule has 0 aromatic rings. The first-order valence-electron chi connectivity index (χ1n) is 7.90. The lowest BCUT2D eigenvalue weighted by Crippen LogP contribution is -2.50. The van der Waals surface area contributed by atoms with Crippen molar-refractivity contribution in [3.63, 3.8) is 0 Å². The van der Waals surface area contributed by atoms with Crippen LogP contribution in [-0.4, -0.2) is 55.3 Å². The van der Waals surface area contributed by atoms with Crippen molar-refractivity contribution >= 4 is 16.2 Å². The normalized spacial score (nSPS) is 25.4. The number of rotatable bonds is 5. The van der Waals surface area contributed by atoms with Gasteiger partial charge in [-0.2, -0.15) is 17.0 Å². The Kier molecular flexibility index (Phi) is 5.62. The summed E-state index contributed by atoms with van der Waals surface area (Å²) in [7, 11) is -1.94. The Balaban J connectivity index is 2.11. The molecule has 0 aromatic carbocycles. The largest absolute Gasteiger partial charge is 0.465 e. The maximum absolute atomic E-state index is 12.8. The van der Waals surface area contributed by atoms with E-state index in [0.29, 0.717) is 19.4 Å². The molecular formula is C14H26N2O4S. The third-order valence-electron chi connectivity index (χ3n) is 4.51. The molecule has 1 aliphatic heterocycles. The van der Waals surface area contributed by atoms with Crippen molar-refractivity contribution < 1.29 is 17.9 Å². The Morgan fingerprint density at radius 1 is 1.19 bits per heavy atom. The van der Waals surface area contributed by atoms with E-state index in [1.807, 2.05) is 0 Å². The van der Waals surface area contributed by atoms with E-state index >= 15 is 0 Å². The van der Waals surface area contributed by atoms with E-state index in [9.17, 15) is 13.2 Å². The Morgan fingerprint density at radius 2 is 1.86 bits per heavy atom. The molecule has 1 unspecified atom stereocenters. The Morgan fingerprint density at radius 3 is 2.48 bits per heavy atom. The van der Waals surface area contributed by atoms with Crippen LogP contribution in [0.1, 0.15) is 51.9 Å². The lowest BCUT2D eigenvalue weighted by Gasteiger charge is -2.34. The van der Waals surface area contributed by atoms with Crippen molar-refractivity contribution in [2.24, 2.45) is 0 Å². The summed E-state index contributed by atoms with van der Waals surface area (Å²) in [6.45, 7) is 2.42. The zero-order valence-electron chi connectivity index (χ0n) is 13.0. The SMILES string of the molecule is CCOC(=O)C1CCCN1S(=O)(=O)N(C)C1CCCCC1. The van der Waals surface area contributed by atoms with E-state index in [1.54, 1.807) is 14.0 Å². The van der Waals surface area contributed by atoms with Crippen LogP contribution in [0, 0.1) is 0 Å². The van der Waals surface area contributed by atoms with Gasteiger partial charge in [-0.15, -0.1) is 0 Å². The van der Waals surface area contributed by atoms with Crippen LogP contribution in [0.15, 0.2) is 0 Å². The highest BCUT2D eigenvalue weighted by Gasteiger charge is 2.43. The molecule has 1 aliphatic carbocycles. The summed E-state index contributed by atoms with van der Waals surface area (Å²) in [5, 5.41) is 0. The van der Waals surface area contributed by atoms with E-state index in [4.69, 9.17) is 4.74 Å².